The summed E-state index contributed by atoms with van der Waals surface area (Å²) < 4.78 is 34.8. The van der Waals surface area contributed by atoms with Crippen LogP contribution in [0.15, 0.2) is 5.10 Å². The van der Waals surface area contributed by atoms with Crippen molar-refractivity contribution < 1.29 is 13.2 Å². The first kappa shape index (κ1) is 9.86. The number of nitrogens with zero attached hydrogens (tertiary/aromatic N) is 2. The summed E-state index contributed by atoms with van der Waals surface area (Å²) in [7, 11) is 1.15. The van der Waals surface area contributed by atoms with E-state index in [4.69, 9.17) is 5.73 Å². The lowest BCUT2D eigenvalue weighted by Crippen LogP contribution is -2.40. The normalized spacial score (nSPS) is 13.3. The van der Waals surface area contributed by atoms with Crippen LogP contribution in [0.5, 0.6) is 0 Å². The summed E-state index contributed by atoms with van der Waals surface area (Å²) in [6.45, 7) is -1.15. The summed E-state index contributed by atoms with van der Waals surface area (Å²) in [4.78, 5) is 0.708. The Bertz CT molecular complexity index is 152. The van der Waals surface area contributed by atoms with Crippen LogP contribution in [-0.2, 0) is 0 Å². The zero-order chi connectivity index (χ0) is 9.07. The van der Waals surface area contributed by atoms with Crippen molar-refractivity contribution in [1.82, 2.24) is 4.90 Å². The van der Waals surface area contributed by atoms with Gasteiger partial charge in [-0.15, -0.1) is 5.10 Å². The maximum absolute atomic E-state index is 11.6. The van der Waals surface area contributed by atoms with E-state index in [0.29, 0.717) is 4.90 Å². The minimum atomic E-state index is -4.29. The molecule has 11 heavy (non-hydrogen) atoms. The van der Waals surface area contributed by atoms with Gasteiger partial charge in [0, 0.05) is 7.05 Å². The van der Waals surface area contributed by atoms with Crippen LogP contribution in [0, 0.1) is 0 Å². The zero-order valence-electron chi connectivity index (χ0n) is 5.89. The SMILES string of the molecule is CN(CC(F)(F)F)/C(N)=N/N. The highest BCUT2D eigenvalue weighted by Crippen LogP contribution is 2.14. The van der Waals surface area contributed by atoms with Gasteiger partial charge in [0.25, 0.3) is 0 Å². The number of guanidine groups is 1. The van der Waals surface area contributed by atoms with Crippen molar-refractivity contribution in [3.05, 3.63) is 0 Å². The molecule has 7 heteroatoms. The molecule has 0 amide bonds. The molecule has 0 aromatic rings. The first-order valence-corrected chi connectivity index (χ1v) is 2.68. The predicted molar refractivity (Wildman–Crippen MR) is 34.5 cm³/mol. The molecule has 0 aliphatic rings. The summed E-state index contributed by atoms with van der Waals surface area (Å²) in [6, 6.07) is 0. The van der Waals surface area contributed by atoms with Gasteiger partial charge in [-0.2, -0.15) is 13.2 Å². The Morgan fingerprint density at radius 3 is 2.27 bits per heavy atom. The number of hydrogen-bond acceptors (Lipinski definition) is 2. The number of nitrogens with two attached hydrogens (primary N) is 2. The average molecular weight is 170 g/mol. The molecular formula is C4H9F3N4. The third kappa shape index (κ3) is 4.29. The minimum absolute atomic E-state index is 0.345. The molecule has 0 atom stereocenters. The third-order valence-corrected chi connectivity index (χ3v) is 0.940. The van der Waals surface area contributed by atoms with Crippen LogP contribution in [0.4, 0.5) is 13.2 Å². The van der Waals surface area contributed by atoms with E-state index in [9.17, 15) is 13.2 Å². The molecule has 4 nitrogen and oxygen atoms in total. The van der Waals surface area contributed by atoms with Crippen molar-refractivity contribution in [1.29, 1.82) is 0 Å². The smallest absolute Gasteiger partial charge is 0.368 e. The lowest BCUT2D eigenvalue weighted by molar-refractivity contribution is -0.135. The van der Waals surface area contributed by atoms with Gasteiger partial charge in [-0.1, -0.05) is 0 Å². The van der Waals surface area contributed by atoms with Gasteiger partial charge in [0.1, 0.15) is 6.54 Å². The standard InChI is InChI=1S/C4H9F3N4/c1-11(3(8)10-9)2-4(5,6)7/h2,9H2,1H3,(H2,8,10). The molecule has 0 aliphatic carbocycles. The Morgan fingerprint density at radius 1 is 1.55 bits per heavy atom. The summed E-state index contributed by atoms with van der Waals surface area (Å²) in [5.74, 6) is 4.30. The van der Waals surface area contributed by atoms with E-state index in [1.165, 1.54) is 0 Å². The lowest BCUT2D eigenvalue weighted by Gasteiger charge is -2.18. The molecule has 0 spiro atoms. The molecule has 0 heterocycles. The highest BCUT2D eigenvalue weighted by Gasteiger charge is 2.29. The van der Waals surface area contributed by atoms with Gasteiger partial charge in [-0.05, 0) is 0 Å². The number of hydrogen-bond donors (Lipinski definition) is 2. The van der Waals surface area contributed by atoms with E-state index in [2.05, 4.69) is 10.9 Å². The lowest BCUT2D eigenvalue weighted by atomic mass is 10.5. The van der Waals surface area contributed by atoms with Gasteiger partial charge in [-0.25, -0.2) is 0 Å². The summed E-state index contributed by atoms with van der Waals surface area (Å²) in [6.07, 6.45) is -4.29. The van der Waals surface area contributed by atoms with Gasteiger partial charge in [0.2, 0.25) is 5.96 Å². The topological polar surface area (TPSA) is 67.6 Å². The van der Waals surface area contributed by atoms with Gasteiger partial charge in [0.05, 0.1) is 0 Å². The Kier molecular flexibility index (Phi) is 2.97. The Morgan fingerprint density at radius 2 is 2.00 bits per heavy atom. The second-order valence-corrected chi connectivity index (χ2v) is 1.96. The van der Waals surface area contributed by atoms with Crippen LogP contribution in [0.3, 0.4) is 0 Å². The molecule has 0 fully saturated rings. The molecule has 0 aromatic carbocycles. The second-order valence-electron chi connectivity index (χ2n) is 1.96. The van der Waals surface area contributed by atoms with Crippen molar-refractivity contribution in [2.45, 2.75) is 6.18 Å². The first-order chi connectivity index (χ1) is 4.87. The van der Waals surface area contributed by atoms with E-state index in [1.54, 1.807) is 0 Å². The van der Waals surface area contributed by atoms with Crippen molar-refractivity contribution in [2.75, 3.05) is 13.6 Å². The molecule has 0 aromatic heterocycles. The van der Waals surface area contributed by atoms with E-state index in [0.717, 1.165) is 7.05 Å². The second kappa shape index (κ2) is 3.31. The Labute approximate surface area is 61.6 Å². The molecule has 4 N–H and O–H groups in total. The van der Waals surface area contributed by atoms with E-state index >= 15 is 0 Å². The fourth-order valence-corrected chi connectivity index (χ4v) is 0.448. The molecule has 0 rings (SSSR count). The number of halogens is 3. The number of alkyl halides is 3. The van der Waals surface area contributed by atoms with Gasteiger partial charge < -0.3 is 16.5 Å². The van der Waals surface area contributed by atoms with E-state index in [1.807, 2.05) is 0 Å². The van der Waals surface area contributed by atoms with Gasteiger partial charge >= 0.3 is 6.18 Å². The number of rotatable bonds is 1. The maximum atomic E-state index is 11.6. The summed E-state index contributed by atoms with van der Waals surface area (Å²) in [5, 5.41) is 2.89. The van der Waals surface area contributed by atoms with Crippen molar-refractivity contribution >= 4 is 5.96 Å². The molecule has 0 unspecified atom stereocenters. The highest BCUT2D eigenvalue weighted by atomic mass is 19.4. The van der Waals surface area contributed by atoms with Crippen LogP contribution in [-0.4, -0.2) is 30.6 Å². The molecule has 0 radical (unpaired) electrons. The molecule has 66 valence electrons. The average Bonchev–Trinajstić information content (AvgIpc) is 1.82. The van der Waals surface area contributed by atoms with Crippen LogP contribution < -0.4 is 11.6 Å². The largest absolute Gasteiger partial charge is 0.406 e. The van der Waals surface area contributed by atoms with E-state index in [-0.39, 0.29) is 5.96 Å². The zero-order valence-corrected chi connectivity index (χ0v) is 5.89. The molecule has 0 aliphatic heterocycles. The Hall–Kier alpha value is -1.14. The van der Waals surface area contributed by atoms with Gasteiger partial charge in [0.15, 0.2) is 0 Å². The molecule has 0 bridgehead atoms. The molecular weight excluding hydrogens is 161 g/mol. The van der Waals surface area contributed by atoms with Crippen molar-refractivity contribution in [3.63, 3.8) is 0 Å². The highest BCUT2D eigenvalue weighted by molar-refractivity contribution is 5.77. The molecule has 0 saturated heterocycles. The van der Waals surface area contributed by atoms with Crippen molar-refractivity contribution in [3.8, 4) is 0 Å². The summed E-state index contributed by atoms with van der Waals surface area (Å²) in [5.41, 5.74) is 4.97. The quantitative estimate of drug-likeness (QED) is 0.245. The Balaban J connectivity index is 3.98. The fraction of sp³-hybridized carbons (Fsp3) is 0.750. The first-order valence-electron chi connectivity index (χ1n) is 2.68. The minimum Gasteiger partial charge on any atom is -0.368 e. The van der Waals surface area contributed by atoms with Crippen LogP contribution >= 0.6 is 0 Å². The number of hydrazone groups is 1. The summed E-state index contributed by atoms with van der Waals surface area (Å²) >= 11 is 0. The monoisotopic (exact) mass is 170 g/mol. The van der Waals surface area contributed by atoms with Crippen molar-refractivity contribution in [2.24, 2.45) is 16.7 Å². The molecule has 0 saturated carbocycles. The fourth-order valence-electron chi connectivity index (χ4n) is 0.448. The maximum Gasteiger partial charge on any atom is 0.406 e. The van der Waals surface area contributed by atoms with Gasteiger partial charge in [-0.3, -0.25) is 0 Å². The predicted octanol–water partition coefficient (Wildman–Crippen LogP) is -0.331. The third-order valence-electron chi connectivity index (χ3n) is 0.940. The van der Waals surface area contributed by atoms with Crippen LogP contribution in [0.1, 0.15) is 0 Å². The van der Waals surface area contributed by atoms with E-state index < -0.39 is 12.7 Å². The van der Waals surface area contributed by atoms with Crippen LogP contribution in [0.2, 0.25) is 0 Å². The van der Waals surface area contributed by atoms with Crippen LogP contribution in [0.25, 0.3) is 0 Å².